The predicted octanol–water partition coefficient (Wildman–Crippen LogP) is 1.41. The van der Waals surface area contributed by atoms with Crippen LogP contribution in [0, 0.1) is 0 Å². The van der Waals surface area contributed by atoms with Crippen molar-refractivity contribution in [3.63, 3.8) is 0 Å². The van der Waals surface area contributed by atoms with Crippen molar-refractivity contribution >= 4 is 0 Å². The van der Waals surface area contributed by atoms with Gasteiger partial charge in [-0.25, -0.2) is 0 Å². The lowest BCUT2D eigenvalue weighted by Gasteiger charge is -2.35. The van der Waals surface area contributed by atoms with Gasteiger partial charge < -0.3 is 10.1 Å². The highest BCUT2D eigenvalue weighted by Crippen LogP contribution is 2.22. The molecule has 0 aromatic heterocycles. The van der Waals surface area contributed by atoms with E-state index in [0.717, 1.165) is 32.7 Å². The summed E-state index contributed by atoms with van der Waals surface area (Å²) in [6.45, 7) is 11.3. The smallest absolute Gasteiger partial charge is 0.0826 e. The molecule has 0 radical (unpaired) electrons. The Hall–Kier alpha value is -0.380. The summed E-state index contributed by atoms with van der Waals surface area (Å²) in [6, 6.07) is 0.715. The zero-order chi connectivity index (χ0) is 11.4. The van der Waals surface area contributed by atoms with E-state index in [1.54, 1.807) is 0 Å². The van der Waals surface area contributed by atoms with Crippen molar-refractivity contribution in [2.75, 3.05) is 32.8 Å². The first-order valence-corrected chi connectivity index (χ1v) is 6.46. The Kier molecular flexibility index (Phi) is 4.38. The quantitative estimate of drug-likeness (QED) is 0.564. The van der Waals surface area contributed by atoms with Crippen LogP contribution in [0.3, 0.4) is 0 Å². The molecule has 3 heteroatoms. The lowest BCUT2D eigenvalue weighted by molar-refractivity contribution is -0.0468. The molecular weight excluding hydrogens is 200 g/mol. The van der Waals surface area contributed by atoms with Gasteiger partial charge in [-0.1, -0.05) is 5.57 Å². The molecule has 2 aliphatic rings. The fourth-order valence-corrected chi connectivity index (χ4v) is 2.57. The van der Waals surface area contributed by atoms with Gasteiger partial charge in [0.05, 0.1) is 12.7 Å². The number of hydrogen-bond donors (Lipinski definition) is 1. The van der Waals surface area contributed by atoms with E-state index in [-0.39, 0.29) is 0 Å². The molecule has 1 N–H and O–H groups in total. The maximum atomic E-state index is 5.87. The number of nitrogens with one attached hydrogen (secondary N) is 1. The summed E-state index contributed by atoms with van der Waals surface area (Å²) >= 11 is 0. The minimum Gasteiger partial charge on any atom is -0.374 e. The first kappa shape index (κ1) is 12.1. The van der Waals surface area contributed by atoms with Crippen LogP contribution in [0.2, 0.25) is 0 Å². The van der Waals surface area contributed by atoms with Gasteiger partial charge in [0.25, 0.3) is 0 Å². The van der Waals surface area contributed by atoms with E-state index in [9.17, 15) is 0 Å². The number of rotatable bonds is 5. The molecule has 2 saturated heterocycles. The lowest BCUT2D eigenvalue weighted by Crippen LogP contribution is -2.49. The lowest BCUT2D eigenvalue weighted by atomic mass is 10.2. The third-order valence-electron chi connectivity index (χ3n) is 3.56. The molecule has 2 atom stereocenters. The fourth-order valence-electron chi connectivity index (χ4n) is 2.57. The molecule has 2 aliphatic heterocycles. The van der Waals surface area contributed by atoms with Crippen molar-refractivity contribution < 1.29 is 4.74 Å². The number of hydrogen-bond acceptors (Lipinski definition) is 3. The first-order valence-electron chi connectivity index (χ1n) is 6.46. The number of ether oxygens (including phenoxy) is 1. The fraction of sp³-hybridized carbons (Fsp3) is 0.846. The average Bonchev–Trinajstić information content (AvgIpc) is 2.71. The number of fused-ring (bicyclic) bond motifs is 1. The summed E-state index contributed by atoms with van der Waals surface area (Å²) < 4.78 is 5.87. The topological polar surface area (TPSA) is 24.5 Å². The Balaban J connectivity index is 1.62. The summed E-state index contributed by atoms with van der Waals surface area (Å²) in [5.41, 5.74) is 1.25. The van der Waals surface area contributed by atoms with E-state index in [0.29, 0.717) is 12.1 Å². The highest BCUT2D eigenvalue weighted by atomic mass is 16.5. The molecule has 3 nitrogen and oxygen atoms in total. The number of morpholine rings is 1. The van der Waals surface area contributed by atoms with E-state index >= 15 is 0 Å². The molecule has 0 aromatic carbocycles. The van der Waals surface area contributed by atoms with Crippen LogP contribution >= 0.6 is 0 Å². The Bertz CT molecular complexity index is 242. The summed E-state index contributed by atoms with van der Waals surface area (Å²) in [6.07, 6.45) is 4.14. The van der Waals surface area contributed by atoms with Gasteiger partial charge in [0, 0.05) is 19.1 Å². The summed E-state index contributed by atoms with van der Waals surface area (Å²) in [5.74, 6) is 0. The van der Waals surface area contributed by atoms with Gasteiger partial charge in [-0.05, 0) is 39.3 Å². The molecule has 0 spiro atoms. The molecular formula is C13H24N2O. The van der Waals surface area contributed by atoms with Crippen molar-refractivity contribution in [2.45, 2.75) is 38.3 Å². The maximum absolute atomic E-state index is 5.87. The SMILES string of the molecule is C=C(C)CCNCC1CN2CCCC2CO1. The Morgan fingerprint density at radius 1 is 1.56 bits per heavy atom. The summed E-state index contributed by atoms with van der Waals surface area (Å²) in [5, 5.41) is 3.45. The second kappa shape index (κ2) is 5.80. The van der Waals surface area contributed by atoms with Crippen molar-refractivity contribution in [3.05, 3.63) is 12.2 Å². The van der Waals surface area contributed by atoms with Gasteiger partial charge in [0.2, 0.25) is 0 Å². The van der Waals surface area contributed by atoms with Crippen LogP contribution in [0.5, 0.6) is 0 Å². The molecule has 0 bridgehead atoms. The van der Waals surface area contributed by atoms with Crippen LogP contribution in [0.25, 0.3) is 0 Å². The Morgan fingerprint density at radius 3 is 3.25 bits per heavy atom. The van der Waals surface area contributed by atoms with Crippen LogP contribution in [0.15, 0.2) is 12.2 Å². The third-order valence-corrected chi connectivity index (χ3v) is 3.56. The molecule has 2 heterocycles. The molecule has 0 aromatic rings. The van der Waals surface area contributed by atoms with Gasteiger partial charge in [-0.15, -0.1) is 6.58 Å². The molecule has 16 heavy (non-hydrogen) atoms. The van der Waals surface area contributed by atoms with Crippen LogP contribution < -0.4 is 5.32 Å². The zero-order valence-corrected chi connectivity index (χ0v) is 10.4. The van der Waals surface area contributed by atoms with E-state index in [1.165, 1.54) is 25.0 Å². The zero-order valence-electron chi connectivity index (χ0n) is 10.4. The minimum atomic E-state index is 0.388. The van der Waals surface area contributed by atoms with Crippen LogP contribution in [0.1, 0.15) is 26.2 Å². The Labute approximate surface area is 98.8 Å². The van der Waals surface area contributed by atoms with E-state index in [1.807, 2.05) is 0 Å². The van der Waals surface area contributed by atoms with Crippen LogP contribution in [-0.2, 0) is 4.74 Å². The molecule has 92 valence electrons. The normalized spacial score (nSPS) is 30.3. The van der Waals surface area contributed by atoms with Crippen LogP contribution in [-0.4, -0.2) is 49.8 Å². The second-order valence-corrected chi connectivity index (χ2v) is 5.16. The molecule has 2 unspecified atom stereocenters. The van der Waals surface area contributed by atoms with E-state index in [2.05, 4.69) is 23.7 Å². The van der Waals surface area contributed by atoms with E-state index in [4.69, 9.17) is 4.74 Å². The highest BCUT2D eigenvalue weighted by Gasteiger charge is 2.31. The Morgan fingerprint density at radius 2 is 2.44 bits per heavy atom. The number of nitrogens with zero attached hydrogens (tertiary/aromatic N) is 1. The van der Waals surface area contributed by atoms with Gasteiger partial charge in [-0.3, -0.25) is 4.90 Å². The molecule has 2 rings (SSSR count). The minimum absolute atomic E-state index is 0.388. The molecule has 2 fully saturated rings. The average molecular weight is 224 g/mol. The second-order valence-electron chi connectivity index (χ2n) is 5.16. The predicted molar refractivity (Wildman–Crippen MR) is 66.6 cm³/mol. The third kappa shape index (κ3) is 3.30. The van der Waals surface area contributed by atoms with Crippen molar-refractivity contribution in [2.24, 2.45) is 0 Å². The summed E-state index contributed by atoms with van der Waals surface area (Å²) in [7, 11) is 0. The molecule has 0 saturated carbocycles. The standard InChI is InChI=1S/C13H24N2O/c1-11(2)5-6-14-8-13-9-15-7-3-4-12(15)10-16-13/h12-14H,1,3-10H2,2H3. The molecule has 0 amide bonds. The van der Waals surface area contributed by atoms with Gasteiger partial charge in [0.15, 0.2) is 0 Å². The van der Waals surface area contributed by atoms with Crippen molar-refractivity contribution in [1.82, 2.24) is 10.2 Å². The van der Waals surface area contributed by atoms with Crippen LogP contribution in [0.4, 0.5) is 0 Å². The monoisotopic (exact) mass is 224 g/mol. The van der Waals surface area contributed by atoms with Crippen molar-refractivity contribution in [3.8, 4) is 0 Å². The molecule has 0 aliphatic carbocycles. The van der Waals surface area contributed by atoms with E-state index < -0.39 is 0 Å². The summed E-state index contributed by atoms with van der Waals surface area (Å²) in [4.78, 5) is 2.59. The van der Waals surface area contributed by atoms with Gasteiger partial charge in [0.1, 0.15) is 0 Å². The largest absolute Gasteiger partial charge is 0.374 e. The highest BCUT2D eigenvalue weighted by molar-refractivity contribution is 4.89. The maximum Gasteiger partial charge on any atom is 0.0826 e. The van der Waals surface area contributed by atoms with Gasteiger partial charge in [-0.2, -0.15) is 0 Å². The van der Waals surface area contributed by atoms with Gasteiger partial charge >= 0.3 is 0 Å². The first-order chi connectivity index (χ1) is 7.75. The van der Waals surface area contributed by atoms with Crippen molar-refractivity contribution in [1.29, 1.82) is 0 Å².